The molecule has 0 aliphatic carbocycles. The topological polar surface area (TPSA) is 51.0 Å². The summed E-state index contributed by atoms with van der Waals surface area (Å²) < 4.78 is 5.36. The Hall–Kier alpha value is -1.39. The SMILES string of the molecule is Clc1ncccc1-c1cc([C@@H]2CCCN2)on1. The van der Waals surface area contributed by atoms with Crippen LogP contribution in [0.4, 0.5) is 0 Å². The van der Waals surface area contributed by atoms with Crippen molar-refractivity contribution < 1.29 is 4.52 Å². The summed E-state index contributed by atoms with van der Waals surface area (Å²) in [4.78, 5) is 4.03. The zero-order valence-corrected chi connectivity index (χ0v) is 9.94. The van der Waals surface area contributed by atoms with Crippen molar-refractivity contribution in [2.24, 2.45) is 0 Å². The van der Waals surface area contributed by atoms with Crippen LogP contribution in [0.1, 0.15) is 24.6 Å². The summed E-state index contributed by atoms with van der Waals surface area (Å²) in [5, 5.41) is 7.87. The molecular formula is C12H12ClN3O. The molecule has 0 bridgehead atoms. The number of halogens is 1. The largest absolute Gasteiger partial charge is 0.359 e. The Kier molecular flexibility index (Phi) is 2.82. The minimum atomic E-state index is 0.284. The first-order valence-electron chi connectivity index (χ1n) is 5.65. The predicted molar refractivity (Wildman–Crippen MR) is 64.7 cm³/mol. The van der Waals surface area contributed by atoms with Gasteiger partial charge < -0.3 is 9.84 Å². The van der Waals surface area contributed by atoms with E-state index in [1.54, 1.807) is 6.20 Å². The summed E-state index contributed by atoms with van der Waals surface area (Å²) in [6.45, 7) is 1.04. The van der Waals surface area contributed by atoms with Gasteiger partial charge >= 0.3 is 0 Å². The van der Waals surface area contributed by atoms with E-state index in [2.05, 4.69) is 15.5 Å². The van der Waals surface area contributed by atoms with Crippen LogP contribution in [0, 0.1) is 0 Å². The molecule has 0 saturated carbocycles. The van der Waals surface area contributed by atoms with Crippen LogP contribution in [0.5, 0.6) is 0 Å². The molecule has 4 nitrogen and oxygen atoms in total. The molecule has 2 aromatic rings. The normalized spacial score (nSPS) is 19.7. The number of nitrogens with one attached hydrogen (secondary N) is 1. The highest BCUT2D eigenvalue weighted by atomic mass is 35.5. The van der Waals surface area contributed by atoms with Gasteiger partial charge in [0.1, 0.15) is 10.8 Å². The van der Waals surface area contributed by atoms with E-state index in [1.807, 2.05) is 18.2 Å². The van der Waals surface area contributed by atoms with Gasteiger partial charge in [0.05, 0.1) is 6.04 Å². The van der Waals surface area contributed by atoms with Crippen molar-refractivity contribution in [1.29, 1.82) is 0 Å². The second-order valence-corrected chi connectivity index (χ2v) is 4.46. The Morgan fingerprint density at radius 2 is 2.41 bits per heavy atom. The van der Waals surface area contributed by atoms with Crippen molar-refractivity contribution in [1.82, 2.24) is 15.5 Å². The molecule has 5 heteroatoms. The molecule has 17 heavy (non-hydrogen) atoms. The van der Waals surface area contributed by atoms with Crippen LogP contribution in [0.25, 0.3) is 11.3 Å². The molecule has 1 aliphatic heterocycles. The maximum Gasteiger partial charge on any atom is 0.154 e. The third-order valence-electron chi connectivity index (χ3n) is 2.97. The van der Waals surface area contributed by atoms with Crippen LogP contribution in [0.2, 0.25) is 5.15 Å². The zero-order chi connectivity index (χ0) is 11.7. The Bertz CT molecular complexity index is 520. The fourth-order valence-corrected chi connectivity index (χ4v) is 2.30. The summed E-state index contributed by atoms with van der Waals surface area (Å²) in [6.07, 6.45) is 3.93. The van der Waals surface area contributed by atoms with E-state index in [0.717, 1.165) is 30.0 Å². The molecule has 3 rings (SSSR count). The van der Waals surface area contributed by atoms with E-state index >= 15 is 0 Å². The van der Waals surface area contributed by atoms with Crippen LogP contribution in [0.3, 0.4) is 0 Å². The fraction of sp³-hybridized carbons (Fsp3) is 0.333. The number of aromatic nitrogens is 2. The van der Waals surface area contributed by atoms with E-state index in [4.69, 9.17) is 16.1 Å². The van der Waals surface area contributed by atoms with Crippen LogP contribution >= 0.6 is 11.6 Å². The molecule has 1 aliphatic rings. The van der Waals surface area contributed by atoms with Gasteiger partial charge in [-0.3, -0.25) is 0 Å². The van der Waals surface area contributed by atoms with Gasteiger partial charge in [-0.25, -0.2) is 4.98 Å². The first-order valence-corrected chi connectivity index (χ1v) is 6.03. The average molecular weight is 250 g/mol. The van der Waals surface area contributed by atoms with Crippen molar-refractivity contribution >= 4 is 11.6 Å². The molecule has 1 fully saturated rings. The maximum atomic E-state index is 6.02. The molecule has 1 N–H and O–H groups in total. The number of hydrogen-bond acceptors (Lipinski definition) is 4. The Morgan fingerprint density at radius 3 is 3.18 bits per heavy atom. The minimum absolute atomic E-state index is 0.284. The lowest BCUT2D eigenvalue weighted by Crippen LogP contribution is -2.11. The molecule has 0 amide bonds. The Labute approximate surface area is 104 Å². The van der Waals surface area contributed by atoms with Gasteiger partial charge in [0.25, 0.3) is 0 Å². The lowest BCUT2D eigenvalue weighted by Gasteiger charge is -2.02. The third kappa shape index (κ3) is 2.06. The first kappa shape index (κ1) is 10.7. The highest BCUT2D eigenvalue weighted by Crippen LogP contribution is 2.29. The summed E-state index contributed by atoms with van der Waals surface area (Å²) in [7, 11) is 0. The molecule has 2 aromatic heterocycles. The summed E-state index contributed by atoms with van der Waals surface area (Å²) in [5.74, 6) is 0.873. The lowest BCUT2D eigenvalue weighted by atomic mass is 10.1. The van der Waals surface area contributed by atoms with Gasteiger partial charge in [-0.05, 0) is 31.5 Å². The van der Waals surface area contributed by atoms with Crippen molar-refractivity contribution in [2.75, 3.05) is 6.54 Å². The van der Waals surface area contributed by atoms with Crippen molar-refractivity contribution in [3.63, 3.8) is 0 Å². The van der Waals surface area contributed by atoms with Crippen molar-refractivity contribution in [2.45, 2.75) is 18.9 Å². The summed E-state index contributed by atoms with van der Waals surface area (Å²) in [6, 6.07) is 5.94. The number of hydrogen-bond donors (Lipinski definition) is 1. The van der Waals surface area contributed by atoms with E-state index in [0.29, 0.717) is 5.15 Å². The monoisotopic (exact) mass is 249 g/mol. The van der Waals surface area contributed by atoms with Gasteiger partial charge in [-0.2, -0.15) is 0 Å². The van der Waals surface area contributed by atoms with E-state index in [-0.39, 0.29) is 6.04 Å². The smallest absolute Gasteiger partial charge is 0.154 e. The predicted octanol–water partition coefficient (Wildman–Crippen LogP) is 2.81. The second-order valence-electron chi connectivity index (χ2n) is 4.11. The summed E-state index contributed by atoms with van der Waals surface area (Å²) >= 11 is 6.02. The van der Waals surface area contributed by atoms with Gasteiger partial charge in [-0.1, -0.05) is 16.8 Å². The average Bonchev–Trinajstić information content (AvgIpc) is 3.00. The Balaban J connectivity index is 1.92. The molecular weight excluding hydrogens is 238 g/mol. The molecule has 0 unspecified atom stereocenters. The molecule has 0 radical (unpaired) electrons. The van der Waals surface area contributed by atoms with Gasteiger partial charge in [0.2, 0.25) is 0 Å². The molecule has 0 aromatic carbocycles. The third-order valence-corrected chi connectivity index (χ3v) is 3.27. The van der Waals surface area contributed by atoms with Crippen LogP contribution < -0.4 is 5.32 Å². The van der Waals surface area contributed by atoms with Crippen LogP contribution in [-0.2, 0) is 0 Å². The Morgan fingerprint density at radius 1 is 1.47 bits per heavy atom. The van der Waals surface area contributed by atoms with Crippen LogP contribution in [0.15, 0.2) is 28.9 Å². The van der Waals surface area contributed by atoms with Gasteiger partial charge in [0, 0.05) is 17.8 Å². The minimum Gasteiger partial charge on any atom is -0.359 e. The van der Waals surface area contributed by atoms with Gasteiger partial charge in [0.15, 0.2) is 5.76 Å². The molecule has 1 saturated heterocycles. The second kappa shape index (κ2) is 4.47. The number of nitrogens with zero attached hydrogens (tertiary/aromatic N) is 2. The lowest BCUT2D eigenvalue weighted by molar-refractivity contribution is 0.353. The zero-order valence-electron chi connectivity index (χ0n) is 9.19. The number of rotatable bonds is 2. The fourth-order valence-electron chi connectivity index (χ4n) is 2.08. The van der Waals surface area contributed by atoms with E-state index in [9.17, 15) is 0 Å². The van der Waals surface area contributed by atoms with Crippen molar-refractivity contribution in [3.05, 3.63) is 35.3 Å². The molecule has 1 atom stereocenters. The maximum absolute atomic E-state index is 6.02. The highest BCUT2D eigenvalue weighted by Gasteiger charge is 2.21. The molecule has 0 spiro atoms. The van der Waals surface area contributed by atoms with Gasteiger partial charge in [-0.15, -0.1) is 0 Å². The summed E-state index contributed by atoms with van der Waals surface area (Å²) in [5.41, 5.74) is 1.55. The molecule has 88 valence electrons. The first-order chi connectivity index (χ1) is 8.34. The quantitative estimate of drug-likeness (QED) is 0.832. The van der Waals surface area contributed by atoms with Crippen molar-refractivity contribution in [3.8, 4) is 11.3 Å². The number of pyridine rings is 1. The van der Waals surface area contributed by atoms with E-state index < -0.39 is 0 Å². The van der Waals surface area contributed by atoms with E-state index in [1.165, 1.54) is 6.42 Å². The van der Waals surface area contributed by atoms with Crippen LogP contribution in [-0.4, -0.2) is 16.7 Å². The standard InChI is InChI=1S/C12H12ClN3O/c13-12-8(3-1-6-15-12)10-7-11(17-16-10)9-4-2-5-14-9/h1,3,6-7,9,14H,2,4-5H2/t9-/m0/s1. The molecule has 3 heterocycles. The highest BCUT2D eigenvalue weighted by molar-refractivity contribution is 6.31.